The van der Waals surface area contributed by atoms with Crippen LogP contribution in [-0.2, 0) is 0 Å². The molecular formula is C14H20BrNO3. The molecule has 0 aliphatic carbocycles. The molecule has 4 nitrogen and oxygen atoms in total. The molecule has 0 amide bonds. The molecule has 106 valence electrons. The van der Waals surface area contributed by atoms with Crippen molar-refractivity contribution in [1.29, 1.82) is 0 Å². The van der Waals surface area contributed by atoms with Gasteiger partial charge in [0.2, 0.25) is 0 Å². The van der Waals surface area contributed by atoms with Gasteiger partial charge in [0.05, 0.1) is 19.8 Å². The molecular weight excluding hydrogens is 310 g/mol. The van der Waals surface area contributed by atoms with E-state index in [1.54, 1.807) is 26.4 Å². The Morgan fingerprint density at radius 1 is 1.37 bits per heavy atom. The molecule has 0 spiro atoms. The molecule has 0 heterocycles. The molecule has 2 N–H and O–H groups in total. The van der Waals surface area contributed by atoms with Gasteiger partial charge in [0.1, 0.15) is 16.0 Å². The number of halogens is 1. The molecule has 1 aromatic carbocycles. The van der Waals surface area contributed by atoms with Crippen LogP contribution < -0.4 is 15.2 Å². The quantitative estimate of drug-likeness (QED) is 0.781. The van der Waals surface area contributed by atoms with Gasteiger partial charge in [-0.15, -0.1) is 0 Å². The summed E-state index contributed by atoms with van der Waals surface area (Å²) in [7, 11) is 3.11. The average Bonchev–Trinajstić information content (AvgIpc) is 2.43. The van der Waals surface area contributed by atoms with Crippen molar-refractivity contribution < 1.29 is 14.3 Å². The van der Waals surface area contributed by atoms with E-state index in [1.165, 1.54) is 0 Å². The van der Waals surface area contributed by atoms with Crippen LogP contribution in [0.1, 0.15) is 30.1 Å². The largest absolute Gasteiger partial charge is 0.495 e. The minimum absolute atomic E-state index is 0.0560. The highest BCUT2D eigenvalue weighted by Crippen LogP contribution is 2.37. The van der Waals surface area contributed by atoms with E-state index in [4.69, 9.17) is 15.2 Å². The summed E-state index contributed by atoms with van der Waals surface area (Å²) >= 11 is 3.39. The zero-order valence-electron chi connectivity index (χ0n) is 11.5. The van der Waals surface area contributed by atoms with Crippen LogP contribution in [0, 0.1) is 5.92 Å². The van der Waals surface area contributed by atoms with Crippen molar-refractivity contribution in [1.82, 2.24) is 0 Å². The lowest BCUT2D eigenvalue weighted by atomic mass is 9.99. The second-order valence-corrected chi connectivity index (χ2v) is 5.26. The van der Waals surface area contributed by atoms with Crippen LogP contribution in [0.25, 0.3) is 0 Å². The van der Waals surface area contributed by atoms with E-state index in [9.17, 15) is 4.79 Å². The summed E-state index contributed by atoms with van der Waals surface area (Å²) in [6.07, 6.45) is 1.25. The van der Waals surface area contributed by atoms with Crippen LogP contribution in [0.2, 0.25) is 0 Å². The number of nitrogens with two attached hydrogens (primary N) is 1. The molecule has 5 heteroatoms. The number of benzene rings is 1. The first-order valence-electron chi connectivity index (χ1n) is 6.18. The summed E-state index contributed by atoms with van der Waals surface area (Å²) in [5, 5.41) is 0. The van der Waals surface area contributed by atoms with Crippen molar-refractivity contribution in [2.24, 2.45) is 11.7 Å². The van der Waals surface area contributed by atoms with Crippen LogP contribution in [0.5, 0.6) is 11.5 Å². The van der Waals surface area contributed by atoms with Crippen LogP contribution in [0.3, 0.4) is 0 Å². The van der Waals surface area contributed by atoms with Gasteiger partial charge in [0, 0.05) is 6.42 Å². The smallest absolute Gasteiger partial charge is 0.166 e. The van der Waals surface area contributed by atoms with E-state index in [1.807, 2.05) is 6.92 Å². The summed E-state index contributed by atoms with van der Waals surface area (Å²) in [5.41, 5.74) is 6.12. The Morgan fingerprint density at radius 2 is 2.05 bits per heavy atom. The molecule has 1 aromatic rings. The maximum atomic E-state index is 12.2. The third-order valence-corrected chi connectivity index (χ3v) is 3.80. The van der Waals surface area contributed by atoms with Crippen molar-refractivity contribution in [3.05, 3.63) is 22.2 Å². The van der Waals surface area contributed by atoms with Gasteiger partial charge in [-0.25, -0.2) is 0 Å². The highest BCUT2D eigenvalue weighted by atomic mass is 79.9. The third kappa shape index (κ3) is 3.94. The molecule has 0 aliphatic rings. The molecule has 0 saturated heterocycles. The number of rotatable bonds is 7. The lowest BCUT2D eigenvalue weighted by Gasteiger charge is -2.13. The maximum absolute atomic E-state index is 12.2. The number of carbonyl (C=O) groups is 1. The number of carbonyl (C=O) groups excluding carboxylic acids is 1. The zero-order valence-corrected chi connectivity index (χ0v) is 13.1. The topological polar surface area (TPSA) is 61.5 Å². The number of hydrogen-bond acceptors (Lipinski definition) is 4. The van der Waals surface area contributed by atoms with Crippen molar-refractivity contribution >= 4 is 21.7 Å². The minimum atomic E-state index is 0.0560. The average molecular weight is 330 g/mol. The predicted octanol–water partition coefficient (Wildman–Crippen LogP) is 3.02. The Labute approximate surface area is 122 Å². The molecule has 0 radical (unpaired) electrons. The van der Waals surface area contributed by atoms with Crippen molar-refractivity contribution in [3.8, 4) is 11.5 Å². The number of Topliss-reactive ketones (excluding diaryl/α,β-unsaturated/α-hetero) is 1. The Hall–Kier alpha value is -1.07. The summed E-state index contributed by atoms with van der Waals surface area (Å²) in [5.74, 6) is 1.56. The lowest BCUT2D eigenvalue weighted by Crippen LogP contribution is -2.13. The highest BCUT2D eigenvalue weighted by molar-refractivity contribution is 9.10. The Morgan fingerprint density at radius 3 is 2.58 bits per heavy atom. The van der Waals surface area contributed by atoms with Gasteiger partial charge in [-0.3, -0.25) is 4.79 Å². The van der Waals surface area contributed by atoms with Gasteiger partial charge in [-0.1, -0.05) is 6.92 Å². The van der Waals surface area contributed by atoms with Gasteiger partial charge >= 0.3 is 0 Å². The Kier molecular flexibility index (Phi) is 6.31. The molecule has 1 unspecified atom stereocenters. The van der Waals surface area contributed by atoms with E-state index < -0.39 is 0 Å². The second kappa shape index (κ2) is 7.50. The normalized spacial score (nSPS) is 12.1. The molecule has 0 saturated carbocycles. The fraction of sp³-hybridized carbons (Fsp3) is 0.500. The number of methoxy groups -OCH3 is 2. The van der Waals surface area contributed by atoms with Gasteiger partial charge in [0.15, 0.2) is 5.78 Å². The first-order chi connectivity index (χ1) is 9.04. The molecule has 0 fully saturated rings. The van der Waals surface area contributed by atoms with Crippen LogP contribution in [0.4, 0.5) is 0 Å². The van der Waals surface area contributed by atoms with Gasteiger partial charge in [-0.05, 0) is 46.9 Å². The van der Waals surface area contributed by atoms with Crippen LogP contribution >= 0.6 is 15.9 Å². The van der Waals surface area contributed by atoms with Gasteiger partial charge < -0.3 is 15.2 Å². The third-order valence-electron chi connectivity index (χ3n) is 3.05. The highest BCUT2D eigenvalue weighted by Gasteiger charge is 2.18. The van der Waals surface area contributed by atoms with Crippen molar-refractivity contribution in [2.75, 3.05) is 20.8 Å². The van der Waals surface area contributed by atoms with E-state index >= 15 is 0 Å². The number of hydrogen-bond donors (Lipinski definition) is 1. The van der Waals surface area contributed by atoms with Crippen LogP contribution in [0.15, 0.2) is 16.6 Å². The SMILES string of the molecule is COc1ccc(C(=O)CCC(C)CN)c(OC)c1Br. The predicted molar refractivity (Wildman–Crippen MR) is 79.0 cm³/mol. The van der Waals surface area contributed by atoms with E-state index in [-0.39, 0.29) is 5.78 Å². The Balaban J connectivity index is 2.94. The first kappa shape index (κ1) is 16.0. The summed E-state index contributed by atoms with van der Waals surface area (Å²) < 4.78 is 11.1. The minimum Gasteiger partial charge on any atom is -0.495 e. The summed E-state index contributed by atoms with van der Waals surface area (Å²) in [4.78, 5) is 12.2. The first-order valence-corrected chi connectivity index (χ1v) is 6.98. The number of ketones is 1. The van der Waals surface area contributed by atoms with Crippen LogP contribution in [-0.4, -0.2) is 26.5 Å². The molecule has 1 atom stereocenters. The van der Waals surface area contributed by atoms with E-state index in [2.05, 4.69) is 15.9 Å². The zero-order chi connectivity index (χ0) is 14.4. The van der Waals surface area contributed by atoms with Gasteiger partial charge in [0.25, 0.3) is 0 Å². The Bertz CT molecular complexity index is 449. The lowest BCUT2D eigenvalue weighted by molar-refractivity contribution is 0.0972. The number of ether oxygens (including phenoxy) is 2. The molecule has 0 aromatic heterocycles. The molecule has 0 bridgehead atoms. The monoisotopic (exact) mass is 329 g/mol. The molecule has 1 rings (SSSR count). The van der Waals surface area contributed by atoms with Gasteiger partial charge in [-0.2, -0.15) is 0 Å². The van der Waals surface area contributed by atoms with E-state index in [0.29, 0.717) is 40.4 Å². The molecule has 19 heavy (non-hydrogen) atoms. The summed E-state index contributed by atoms with van der Waals surface area (Å²) in [6.45, 7) is 2.63. The van der Waals surface area contributed by atoms with E-state index in [0.717, 1.165) is 6.42 Å². The van der Waals surface area contributed by atoms with Crippen molar-refractivity contribution in [3.63, 3.8) is 0 Å². The standard InChI is InChI=1S/C14H20BrNO3/c1-9(8-16)4-6-11(17)10-5-7-12(18-2)13(15)14(10)19-3/h5,7,9H,4,6,8,16H2,1-3H3. The molecule has 0 aliphatic heterocycles. The fourth-order valence-electron chi connectivity index (χ4n) is 1.74. The second-order valence-electron chi connectivity index (χ2n) is 4.47. The fourth-order valence-corrected chi connectivity index (χ4v) is 2.41. The summed E-state index contributed by atoms with van der Waals surface area (Å²) in [6, 6.07) is 3.49. The van der Waals surface area contributed by atoms with Crippen molar-refractivity contribution in [2.45, 2.75) is 19.8 Å². The maximum Gasteiger partial charge on any atom is 0.166 e.